The van der Waals surface area contributed by atoms with Crippen LogP contribution in [0.2, 0.25) is 0 Å². The lowest BCUT2D eigenvalue weighted by molar-refractivity contribution is 0.358. The fraction of sp³-hybridized carbons (Fsp3) is 0.500. The molecule has 7 nitrogen and oxygen atoms in total. The number of nitrogens with zero attached hydrogens (tertiary/aromatic N) is 2. The molecule has 0 amide bonds. The van der Waals surface area contributed by atoms with Crippen LogP contribution >= 0.6 is 35.7 Å². The first-order valence-corrected chi connectivity index (χ1v) is 11.6. The summed E-state index contributed by atoms with van der Waals surface area (Å²) >= 11 is 1.79. The molecule has 0 aliphatic carbocycles. The first kappa shape index (κ1) is 25.1. The summed E-state index contributed by atoms with van der Waals surface area (Å²) in [7, 11) is -1.57. The number of sulfonamides is 1. The molecule has 0 atom stereocenters. The molecule has 2 N–H and O–H groups in total. The van der Waals surface area contributed by atoms with Gasteiger partial charge in [0.05, 0.1) is 5.75 Å². The molecule has 2 rings (SSSR count). The third-order valence-electron chi connectivity index (χ3n) is 4.02. The minimum absolute atomic E-state index is 0. The van der Waals surface area contributed by atoms with Crippen molar-refractivity contribution in [2.45, 2.75) is 6.54 Å². The van der Waals surface area contributed by atoms with Crippen molar-refractivity contribution in [3.05, 3.63) is 42.5 Å². The lowest BCUT2D eigenvalue weighted by Gasteiger charge is -2.25. The van der Waals surface area contributed by atoms with Gasteiger partial charge in [0.2, 0.25) is 10.0 Å². The average molecular weight is 540 g/mol. The Balaban J connectivity index is 0.00000392. The third-order valence-corrected chi connectivity index (χ3v) is 6.83. The molecule has 0 bridgehead atoms. The zero-order valence-corrected chi connectivity index (χ0v) is 20.1. The number of hydrogen-bond acceptors (Lipinski definition) is 5. The summed E-state index contributed by atoms with van der Waals surface area (Å²) in [4.78, 5) is 4.15. The van der Waals surface area contributed by atoms with Gasteiger partial charge in [0.25, 0.3) is 0 Å². The van der Waals surface area contributed by atoms with E-state index in [0.29, 0.717) is 38.7 Å². The second-order valence-corrected chi connectivity index (χ2v) is 9.20. The van der Waals surface area contributed by atoms with Gasteiger partial charge in [-0.1, -0.05) is 30.9 Å². The van der Waals surface area contributed by atoms with Crippen molar-refractivity contribution >= 4 is 51.7 Å². The van der Waals surface area contributed by atoms with Crippen molar-refractivity contribution in [3.8, 4) is 5.75 Å². The van der Waals surface area contributed by atoms with Gasteiger partial charge in [-0.05, 0) is 6.07 Å². The lowest BCUT2D eigenvalue weighted by atomic mass is 10.2. The fourth-order valence-electron chi connectivity index (χ4n) is 2.59. The van der Waals surface area contributed by atoms with E-state index in [2.05, 4.69) is 22.2 Å². The van der Waals surface area contributed by atoms with E-state index in [1.165, 1.54) is 0 Å². The molecule has 28 heavy (non-hydrogen) atoms. The molecular formula is C18H29IN4O3S2. The maximum absolute atomic E-state index is 12.4. The van der Waals surface area contributed by atoms with Crippen LogP contribution < -0.4 is 15.4 Å². The molecule has 0 aromatic heterocycles. The Labute approximate surface area is 189 Å². The number of rotatable bonds is 9. The number of aliphatic imine (C=N–C) groups is 1. The van der Waals surface area contributed by atoms with Crippen LogP contribution in [0.4, 0.5) is 0 Å². The SMILES string of the molecule is C=CCOc1ccccc1CNC(=NC)NCCS(=O)(=O)N1CCSCC1.I. The topological polar surface area (TPSA) is 83.0 Å². The fourth-order valence-corrected chi connectivity index (χ4v) is 5.08. The number of benzene rings is 1. The van der Waals surface area contributed by atoms with Gasteiger partial charge >= 0.3 is 0 Å². The van der Waals surface area contributed by atoms with Crippen LogP contribution in [0.3, 0.4) is 0 Å². The molecule has 0 spiro atoms. The molecule has 0 radical (unpaired) electrons. The van der Waals surface area contributed by atoms with E-state index < -0.39 is 10.0 Å². The minimum Gasteiger partial charge on any atom is -0.489 e. The van der Waals surface area contributed by atoms with E-state index >= 15 is 0 Å². The van der Waals surface area contributed by atoms with Crippen molar-refractivity contribution in [3.63, 3.8) is 0 Å². The first-order valence-electron chi connectivity index (χ1n) is 8.88. The largest absolute Gasteiger partial charge is 0.489 e. The molecule has 0 saturated carbocycles. The smallest absolute Gasteiger partial charge is 0.215 e. The Bertz CT molecular complexity index is 738. The Morgan fingerprint density at radius 2 is 2.04 bits per heavy atom. The van der Waals surface area contributed by atoms with Crippen LogP contribution in [-0.2, 0) is 16.6 Å². The highest BCUT2D eigenvalue weighted by molar-refractivity contribution is 14.0. The molecule has 1 aromatic rings. The van der Waals surface area contributed by atoms with E-state index in [9.17, 15) is 8.42 Å². The highest BCUT2D eigenvalue weighted by Gasteiger charge is 2.23. The van der Waals surface area contributed by atoms with Crippen LogP contribution in [0.5, 0.6) is 5.75 Å². The predicted octanol–water partition coefficient (Wildman–Crippen LogP) is 1.91. The zero-order chi connectivity index (χ0) is 19.5. The molecule has 1 fully saturated rings. The minimum atomic E-state index is -3.23. The van der Waals surface area contributed by atoms with E-state index in [1.807, 2.05) is 24.3 Å². The zero-order valence-electron chi connectivity index (χ0n) is 16.1. The Morgan fingerprint density at radius 1 is 1.32 bits per heavy atom. The van der Waals surface area contributed by atoms with Crippen molar-refractivity contribution in [2.24, 2.45) is 4.99 Å². The Kier molecular flexibility index (Phi) is 11.9. The highest BCUT2D eigenvalue weighted by atomic mass is 127. The summed E-state index contributed by atoms with van der Waals surface area (Å²) in [5.74, 6) is 3.12. The molecule has 1 saturated heterocycles. The summed E-state index contributed by atoms with van der Waals surface area (Å²) in [6.07, 6.45) is 1.70. The van der Waals surface area contributed by atoms with Gasteiger partial charge in [0.15, 0.2) is 5.96 Å². The van der Waals surface area contributed by atoms with Crippen LogP contribution in [-0.4, -0.2) is 69.2 Å². The van der Waals surface area contributed by atoms with Crippen LogP contribution in [0.15, 0.2) is 41.9 Å². The van der Waals surface area contributed by atoms with Crippen LogP contribution in [0, 0.1) is 0 Å². The second-order valence-electron chi connectivity index (χ2n) is 5.89. The van der Waals surface area contributed by atoms with Gasteiger partial charge in [-0.3, -0.25) is 4.99 Å². The van der Waals surface area contributed by atoms with Crippen molar-refractivity contribution in [1.82, 2.24) is 14.9 Å². The number of nitrogens with one attached hydrogen (secondary N) is 2. The van der Waals surface area contributed by atoms with Gasteiger partial charge in [-0.25, -0.2) is 12.7 Å². The van der Waals surface area contributed by atoms with Gasteiger partial charge in [-0.2, -0.15) is 11.8 Å². The summed E-state index contributed by atoms with van der Waals surface area (Å²) in [6.45, 7) is 6.12. The highest BCUT2D eigenvalue weighted by Crippen LogP contribution is 2.17. The van der Waals surface area contributed by atoms with E-state index in [-0.39, 0.29) is 29.7 Å². The number of guanidine groups is 1. The summed E-state index contributed by atoms with van der Waals surface area (Å²) in [5.41, 5.74) is 0.987. The molecule has 158 valence electrons. The maximum atomic E-state index is 12.4. The quantitative estimate of drug-likeness (QED) is 0.216. The molecule has 10 heteroatoms. The number of hydrogen-bond donors (Lipinski definition) is 2. The van der Waals surface area contributed by atoms with Gasteiger partial charge in [0.1, 0.15) is 12.4 Å². The van der Waals surface area contributed by atoms with E-state index in [4.69, 9.17) is 4.74 Å². The Hall–Kier alpha value is -0.980. The molecular weight excluding hydrogens is 511 g/mol. The second kappa shape index (κ2) is 13.3. The summed E-state index contributed by atoms with van der Waals surface area (Å²) in [5, 5.41) is 6.26. The normalized spacial score (nSPS) is 15.4. The Morgan fingerprint density at radius 3 is 2.71 bits per heavy atom. The predicted molar refractivity (Wildman–Crippen MR) is 128 cm³/mol. The van der Waals surface area contributed by atoms with Gasteiger partial charge in [-0.15, -0.1) is 24.0 Å². The van der Waals surface area contributed by atoms with Gasteiger partial charge in [0, 0.05) is 50.3 Å². The number of ether oxygens (including phenoxy) is 1. The first-order chi connectivity index (χ1) is 13.1. The molecule has 1 aliphatic heterocycles. The molecule has 0 unspecified atom stereocenters. The maximum Gasteiger partial charge on any atom is 0.215 e. The molecule has 1 aliphatic rings. The lowest BCUT2D eigenvalue weighted by Crippen LogP contribution is -2.44. The van der Waals surface area contributed by atoms with Crippen molar-refractivity contribution < 1.29 is 13.2 Å². The third kappa shape index (κ3) is 8.18. The van der Waals surface area contributed by atoms with E-state index in [1.54, 1.807) is 29.2 Å². The number of para-hydroxylation sites is 1. The standard InChI is InChI=1S/C18H28N4O3S2.HI/c1-3-11-25-17-7-5-4-6-16(17)15-21-18(19-2)20-8-14-27(23,24)22-9-12-26-13-10-22;/h3-7H,1,8-15H2,2H3,(H2,19,20,21);1H. The summed E-state index contributed by atoms with van der Waals surface area (Å²) < 4.78 is 32.0. The van der Waals surface area contributed by atoms with Crippen molar-refractivity contribution in [2.75, 3.05) is 50.5 Å². The average Bonchev–Trinajstić information content (AvgIpc) is 2.70. The summed E-state index contributed by atoms with van der Waals surface area (Å²) in [6, 6.07) is 7.73. The van der Waals surface area contributed by atoms with Gasteiger partial charge < -0.3 is 15.4 Å². The van der Waals surface area contributed by atoms with Crippen LogP contribution in [0.25, 0.3) is 0 Å². The number of thioether (sulfide) groups is 1. The monoisotopic (exact) mass is 540 g/mol. The molecule has 1 aromatic carbocycles. The van der Waals surface area contributed by atoms with Crippen molar-refractivity contribution in [1.29, 1.82) is 0 Å². The van der Waals surface area contributed by atoms with Crippen LogP contribution in [0.1, 0.15) is 5.56 Å². The van der Waals surface area contributed by atoms with E-state index in [0.717, 1.165) is 22.8 Å². The molecule has 1 heterocycles. The number of halogens is 1.